The number of carbonyl (C=O) groups is 2. The maximum absolute atomic E-state index is 12.8. The molecule has 0 saturated carbocycles. The van der Waals surface area contributed by atoms with Crippen molar-refractivity contribution in [3.8, 4) is 0 Å². The van der Waals surface area contributed by atoms with E-state index in [-0.39, 0.29) is 18.2 Å². The Bertz CT molecular complexity index is 1100. The first-order chi connectivity index (χ1) is 15.1. The van der Waals surface area contributed by atoms with Crippen molar-refractivity contribution in [2.24, 2.45) is 10.2 Å². The summed E-state index contributed by atoms with van der Waals surface area (Å²) in [5.41, 5.74) is 3.01. The van der Waals surface area contributed by atoms with Gasteiger partial charge in [0.25, 0.3) is 5.91 Å². The SMILES string of the molecule is O=C1C[C@@H](NCCc2cccc(Cl)c2)C(=O)N1c1ccc(N=Nc2ccccc2)cc1. The van der Waals surface area contributed by atoms with Crippen LogP contribution in [-0.4, -0.2) is 24.4 Å². The third-order valence-corrected chi connectivity index (χ3v) is 5.22. The molecule has 2 amide bonds. The predicted molar refractivity (Wildman–Crippen MR) is 121 cm³/mol. The number of carbonyl (C=O) groups excluding carboxylic acids is 2. The summed E-state index contributed by atoms with van der Waals surface area (Å²) < 4.78 is 0. The van der Waals surface area contributed by atoms with E-state index >= 15 is 0 Å². The average molecular weight is 433 g/mol. The number of azo groups is 1. The molecular formula is C24H21ClN4O2. The van der Waals surface area contributed by atoms with Gasteiger partial charge in [0.1, 0.15) is 0 Å². The van der Waals surface area contributed by atoms with Gasteiger partial charge in [-0.1, -0.05) is 41.9 Å². The van der Waals surface area contributed by atoms with Gasteiger partial charge in [-0.25, -0.2) is 4.90 Å². The molecule has 7 heteroatoms. The van der Waals surface area contributed by atoms with Gasteiger partial charge in [-0.3, -0.25) is 9.59 Å². The molecule has 6 nitrogen and oxygen atoms in total. The molecule has 0 aliphatic carbocycles. The maximum atomic E-state index is 12.8. The van der Waals surface area contributed by atoms with Crippen LogP contribution in [0.25, 0.3) is 0 Å². The first-order valence-corrected chi connectivity index (χ1v) is 10.4. The van der Waals surface area contributed by atoms with Gasteiger partial charge in [0, 0.05) is 5.02 Å². The predicted octanol–water partition coefficient (Wildman–Crippen LogP) is 5.22. The molecule has 1 aliphatic heterocycles. The van der Waals surface area contributed by atoms with Crippen molar-refractivity contribution < 1.29 is 9.59 Å². The zero-order valence-corrected chi connectivity index (χ0v) is 17.5. The second-order valence-electron chi connectivity index (χ2n) is 7.21. The molecule has 156 valence electrons. The van der Waals surface area contributed by atoms with Gasteiger partial charge < -0.3 is 5.32 Å². The summed E-state index contributed by atoms with van der Waals surface area (Å²) in [6.45, 7) is 0.580. The second kappa shape index (κ2) is 9.64. The van der Waals surface area contributed by atoms with E-state index in [0.29, 0.717) is 22.9 Å². The van der Waals surface area contributed by atoms with Gasteiger partial charge >= 0.3 is 0 Å². The van der Waals surface area contributed by atoms with Crippen molar-refractivity contribution in [1.82, 2.24) is 5.32 Å². The Morgan fingerprint density at radius 2 is 1.61 bits per heavy atom. The zero-order valence-electron chi connectivity index (χ0n) is 16.7. The van der Waals surface area contributed by atoms with E-state index in [0.717, 1.165) is 17.7 Å². The molecule has 1 atom stereocenters. The van der Waals surface area contributed by atoms with Crippen molar-refractivity contribution in [1.29, 1.82) is 0 Å². The van der Waals surface area contributed by atoms with Gasteiger partial charge in [0.05, 0.1) is 29.5 Å². The van der Waals surface area contributed by atoms with Crippen LogP contribution in [0.1, 0.15) is 12.0 Å². The average Bonchev–Trinajstić information content (AvgIpc) is 3.06. The zero-order chi connectivity index (χ0) is 21.6. The lowest BCUT2D eigenvalue weighted by molar-refractivity contribution is -0.121. The first-order valence-electron chi connectivity index (χ1n) is 10.0. The van der Waals surface area contributed by atoms with Crippen LogP contribution >= 0.6 is 11.6 Å². The highest BCUT2D eigenvalue weighted by atomic mass is 35.5. The minimum atomic E-state index is -0.524. The minimum absolute atomic E-state index is 0.143. The molecule has 0 bridgehead atoms. The van der Waals surface area contributed by atoms with E-state index < -0.39 is 6.04 Å². The molecule has 3 aromatic rings. The Labute approximate surface area is 185 Å². The monoisotopic (exact) mass is 432 g/mol. The molecule has 0 unspecified atom stereocenters. The van der Waals surface area contributed by atoms with E-state index in [1.807, 2.05) is 54.6 Å². The number of hydrogen-bond acceptors (Lipinski definition) is 5. The molecular weight excluding hydrogens is 412 g/mol. The summed E-state index contributed by atoms with van der Waals surface area (Å²) in [5.74, 6) is -0.460. The van der Waals surface area contributed by atoms with Crippen molar-refractivity contribution >= 4 is 40.5 Å². The van der Waals surface area contributed by atoms with Gasteiger partial charge in [0.15, 0.2) is 0 Å². The summed E-state index contributed by atoms with van der Waals surface area (Å²) in [6.07, 6.45) is 0.865. The van der Waals surface area contributed by atoms with Gasteiger partial charge in [0.2, 0.25) is 5.91 Å². The molecule has 1 aliphatic rings. The fourth-order valence-corrected chi connectivity index (χ4v) is 3.64. The number of benzene rings is 3. The highest BCUT2D eigenvalue weighted by molar-refractivity contribution is 6.30. The highest BCUT2D eigenvalue weighted by Crippen LogP contribution is 2.26. The molecule has 31 heavy (non-hydrogen) atoms. The molecule has 1 fully saturated rings. The molecule has 0 spiro atoms. The van der Waals surface area contributed by atoms with Crippen LogP contribution in [-0.2, 0) is 16.0 Å². The number of anilines is 1. The van der Waals surface area contributed by atoms with Crippen LogP contribution in [0.4, 0.5) is 17.1 Å². The Morgan fingerprint density at radius 3 is 2.32 bits per heavy atom. The Balaban J connectivity index is 1.36. The number of imide groups is 1. The standard InChI is InChI=1S/C24H21ClN4O2/c25-18-6-4-5-17(15-18)13-14-26-22-16-23(30)29(24(22)31)21-11-9-20(10-12-21)28-27-19-7-2-1-3-8-19/h1-12,15,22,26H,13-14,16H2/t22-/m1/s1. The third kappa shape index (κ3) is 5.23. The smallest absolute Gasteiger partial charge is 0.251 e. The van der Waals surface area contributed by atoms with Crippen LogP contribution in [0.5, 0.6) is 0 Å². The van der Waals surface area contributed by atoms with Crippen LogP contribution in [0.2, 0.25) is 5.02 Å². The van der Waals surface area contributed by atoms with Crippen molar-refractivity contribution in [2.75, 3.05) is 11.4 Å². The number of amides is 2. The molecule has 1 heterocycles. The van der Waals surface area contributed by atoms with E-state index in [9.17, 15) is 9.59 Å². The summed E-state index contributed by atoms with van der Waals surface area (Å²) in [5, 5.41) is 12.2. The Kier molecular flexibility index (Phi) is 6.50. The third-order valence-electron chi connectivity index (χ3n) is 4.99. The largest absolute Gasteiger partial charge is 0.305 e. The highest BCUT2D eigenvalue weighted by Gasteiger charge is 2.39. The van der Waals surface area contributed by atoms with Crippen LogP contribution in [0, 0.1) is 0 Å². The summed E-state index contributed by atoms with van der Waals surface area (Å²) >= 11 is 6.00. The quantitative estimate of drug-likeness (QED) is 0.411. The van der Waals surface area contributed by atoms with Crippen LogP contribution in [0.15, 0.2) is 89.1 Å². The lowest BCUT2D eigenvalue weighted by Gasteiger charge is -2.15. The van der Waals surface area contributed by atoms with E-state index in [1.54, 1.807) is 24.3 Å². The second-order valence-corrected chi connectivity index (χ2v) is 7.65. The fourth-order valence-electron chi connectivity index (χ4n) is 3.42. The van der Waals surface area contributed by atoms with E-state index in [2.05, 4.69) is 15.5 Å². The number of nitrogens with zero attached hydrogens (tertiary/aromatic N) is 3. The molecule has 0 radical (unpaired) electrons. The van der Waals surface area contributed by atoms with Crippen LogP contribution in [0.3, 0.4) is 0 Å². The number of rotatable bonds is 7. The number of hydrogen-bond donors (Lipinski definition) is 1. The molecule has 4 rings (SSSR count). The normalized spacial score (nSPS) is 16.4. The van der Waals surface area contributed by atoms with Gasteiger partial charge in [-0.15, -0.1) is 0 Å². The van der Waals surface area contributed by atoms with E-state index in [1.165, 1.54) is 4.90 Å². The Hall–Kier alpha value is -3.35. The summed E-state index contributed by atoms with van der Waals surface area (Å²) in [6, 6.07) is 23.4. The maximum Gasteiger partial charge on any atom is 0.251 e. The molecule has 0 aromatic heterocycles. The summed E-state index contributed by atoms with van der Waals surface area (Å²) in [4.78, 5) is 26.5. The van der Waals surface area contributed by atoms with Gasteiger partial charge in [-0.05, 0) is 67.1 Å². The first kappa shape index (κ1) is 20.9. The molecule has 1 saturated heterocycles. The molecule has 1 N–H and O–H groups in total. The number of nitrogens with one attached hydrogen (secondary N) is 1. The van der Waals surface area contributed by atoms with Crippen molar-refractivity contribution in [3.05, 3.63) is 89.4 Å². The van der Waals surface area contributed by atoms with Crippen LogP contribution < -0.4 is 10.2 Å². The molecule has 3 aromatic carbocycles. The van der Waals surface area contributed by atoms with Crippen molar-refractivity contribution in [2.45, 2.75) is 18.9 Å². The van der Waals surface area contributed by atoms with Gasteiger partial charge in [-0.2, -0.15) is 10.2 Å². The topological polar surface area (TPSA) is 74.1 Å². The fraction of sp³-hybridized carbons (Fsp3) is 0.167. The van der Waals surface area contributed by atoms with Crippen molar-refractivity contribution in [3.63, 3.8) is 0 Å². The number of halogens is 1. The van der Waals surface area contributed by atoms with E-state index in [4.69, 9.17) is 11.6 Å². The Morgan fingerprint density at radius 1 is 0.903 bits per heavy atom. The lowest BCUT2D eigenvalue weighted by Crippen LogP contribution is -2.39. The minimum Gasteiger partial charge on any atom is -0.305 e. The lowest BCUT2D eigenvalue weighted by atomic mass is 10.1. The summed E-state index contributed by atoms with van der Waals surface area (Å²) in [7, 11) is 0.